The Labute approximate surface area is 113 Å². The first-order valence-electron chi connectivity index (χ1n) is 6.75. The van der Waals surface area contributed by atoms with Crippen LogP contribution in [0.1, 0.15) is 17.1 Å². The molecule has 1 N–H and O–H groups in total. The summed E-state index contributed by atoms with van der Waals surface area (Å²) in [6.07, 6.45) is 1.74. The van der Waals surface area contributed by atoms with Gasteiger partial charge in [0.05, 0.1) is 29.9 Å². The number of aryl methyl sites for hydroxylation is 2. The topological polar surface area (TPSA) is 48.3 Å². The SMILES string of the molecule is Cc1n[nH]c(C)c1N1CCN(Cc2ccco2)CC1. The van der Waals surface area contributed by atoms with Crippen LogP contribution < -0.4 is 4.90 Å². The zero-order valence-electron chi connectivity index (χ0n) is 11.5. The van der Waals surface area contributed by atoms with Crippen LogP contribution in [0.5, 0.6) is 0 Å². The highest BCUT2D eigenvalue weighted by Crippen LogP contribution is 2.23. The summed E-state index contributed by atoms with van der Waals surface area (Å²) in [6, 6.07) is 3.99. The standard InChI is InChI=1S/C14H20N4O/c1-11-14(12(2)16-15-11)18-7-5-17(6-8-18)10-13-4-3-9-19-13/h3-4,9H,5-8,10H2,1-2H3,(H,15,16). The van der Waals surface area contributed by atoms with Crippen LogP contribution in [-0.4, -0.2) is 41.3 Å². The van der Waals surface area contributed by atoms with Crippen LogP contribution in [0.3, 0.4) is 0 Å². The Kier molecular flexibility index (Phi) is 3.29. The predicted molar refractivity (Wildman–Crippen MR) is 74.3 cm³/mol. The summed E-state index contributed by atoms with van der Waals surface area (Å²) in [5.74, 6) is 1.05. The van der Waals surface area contributed by atoms with E-state index in [4.69, 9.17) is 4.42 Å². The molecule has 19 heavy (non-hydrogen) atoms. The van der Waals surface area contributed by atoms with Gasteiger partial charge in [0.15, 0.2) is 0 Å². The maximum atomic E-state index is 5.40. The second kappa shape index (κ2) is 5.09. The molecule has 3 heterocycles. The number of hydrogen-bond acceptors (Lipinski definition) is 4. The molecule has 0 aromatic carbocycles. The number of piperazine rings is 1. The van der Waals surface area contributed by atoms with Gasteiger partial charge in [-0.15, -0.1) is 0 Å². The third-order valence-corrected chi connectivity index (χ3v) is 3.74. The Morgan fingerprint density at radius 3 is 2.63 bits per heavy atom. The average Bonchev–Trinajstić information content (AvgIpc) is 3.02. The molecule has 5 nitrogen and oxygen atoms in total. The third kappa shape index (κ3) is 2.51. The fraction of sp³-hybridized carbons (Fsp3) is 0.500. The monoisotopic (exact) mass is 260 g/mol. The number of rotatable bonds is 3. The van der Waals surface area contributed by atoms with Gasteiger partial charge in [0.2, 0.25) is 0 Å². The first kappa shape index (κ1) is 12.3. The summed E-state index contributed by atoms with van der Waals surface area (Å²) < 4.78 is 5.40. The van der Waals surface area contributed by atoms with Gasteiger partial charge in [0.1, 0.15) is 5.76 Å². The molecule has 1 saturated heterocycles. The van der Waals surface area contributed by atoms with Crippen LogP contribution in [0.15, 0.2) is 22.8 Å². The van der Waals surface area contributed by atoms with E-state index in [0.29, 0.717) is 0 Å². The molecule has 0 unspecified atom stereocenters. The molecule has 0 spiro atoms. The third-order valence-electron chi connectivity index (χ3n) is 3.74. The van der Waals surface area contributed by atoms with Crippen LogP contribution in [0.4, 0.5) is 5.69 Å². The molecule has 1 aliphatic heterocycles. The van der Waals surface area contributed by atoms with Gasteiger partial charge in [-0.1, -0.05) is 0 Å². The highest BCUT2D eigenvalue weighted by molar-refractivity contribution is 5.54. The van der Waals surface area contributed by atoms with Gasteiger partial charge >= 0.3 is 0 Å². The summed E-state index contributed by atoms with van der Waals surface area (Å²) in [5, 5.41) is 7.34. The van der Waals surface area contributed by atoms with E-state index >= 15 is 0 Å². The Morgan fingerprint density at radius 2 is 2.05 bits per heavy atom. The van der Waals surface area contributed by atoms with Gasteiger partial charge in [-0.2, -0.15) is 5.10 Å². The number of H-pyrrole nitrogens is 1. The molecule has 3 rings (SSSR count). The molecule has 5 heteroatoms. The lowest BCUT2D eigenvalue weighted by Gasteiger charge is -2.35. The fourth-order valence-electron chi connectivity index (χ4n) is 2.76. The molecule has 0 aliphatic carbocycles. The summed E-state index contributed by atoms with van der Waals surface area (Å²) in [5.41, 5.74) is 3.53. The predicted octanol–water partition coefficient (Wildman–Crippen LogP) is 1.94. The average molecular weight is 260 g/mol. The maximum Gasteiger partial charge on any atom is 0.117 e. The summed E-state index contributed by atoms with van der Waals surface area (Å²) in [7, 11) is 0. The number of anilines is 1. The van der Waals surface area contributed by atoms with Crippen molar-refractivity contribution in [3.63, 3.8) is 0 Å². The van der Waals surface area contributed by atoms with E-state index in [2.05, 4.69) is 33.8 Å². The Hall–Kier alpha value is -1.75. The van der Waals surface area contributed by atoms with Crippen molar-refractivity contribution in [3.05, 3.63) is 35.5 Å². The van der Waals surface area contributed by atoms with Crippen LogP contribution in [0, 0.1) is 13.8 Å². The number of aromatic nitrogens is 2. The lowest BCUT2D eigenvalue weighted by Crippen LogP contribution is -2.46. The molecule has 2 aromatic rings. The lowest BCUT2D eigenvalue weighted by atomic mass is 10.2. The number of nitrogens with zero attached hydrogens (tertiary/aromatic N) is 3. The minimum atomic E-state index is 0.907. The van der Waals surface area contributed by atoms with Crippen LogP contribution in [0.25, 0.3) is 0 Å². The highest BCUT2D eigenvalue weighted by atomic mass is 16.3. The number of hydrogen-bond donors (Lipinski definition) is 1. The Balaban J connectivity index is 1.60. The van der Waals surface area contributed by atoms with Crippen LogP contribution in [-0.2, 0) is 6.54 Å². The summed E-state index contributed by atoms with van der Waals surface area (Å²) in [4.78, 5) is 4.85. The summed E-state index contributed by atoms with van der Waals surface area (Å²) in [6.45, 7) is 9.27. The largest absolute Gasteiger partial charge is 0.468 e. The van der Waals surface area contributed by atoms with E-state index in [-0.39, 0.29) is 0 Å². The van der Waals surface area contributed by atoms with Crippen LogP contribution >= 0.6 is 0 Å². The van der Waals surface area contributed by atoms with Crippen LogP contribution in [0.2, 0.25) is 0 Å². The molecule has 1 fully saturated rings. The second-order valence-corrected chi connectivity index (χ2v) is 5.13. The molecule has 0 radical (unpaired) electrons. The molecule has 0 saturated carbocycles. The van der Waals surface area contributed by atoms with Crippen molar-refractivity contribution in [2.45, 2.75) is 20.4 Å². The molecular weight excluding hydrogens is 240 g/mol. The van der Waals surface area contributed by atoms with E-state index in [0.717, 1.165) is 49.9 Å². The van der Waals surface area contributed by atoms with Gasteiger partial charge in [0.25, 0.3) is 0 Å². The number of aromatic amines is 1. The Bertz CT molecular complexity index is 504. The number of nitrogens with one attached hydrogen (secondary N) is 1. The van der Waals surface area contributed by atoms with Gasteiger partial charge in [-0.3, -0.25) is 10.00 Å². The van der Waals surface area contributed by atoms with Gasteiger partial charge in [-0.25, -0.2) is 0 Å². The number of furan rings is 1. The second-order valence-electron chi connectivity index (χ2n) is 5.13. The fourth-order valence-corrected chi connectivity index (χ4v) is 2.76. The Morgan fingerprint density at radius 1 is 1.26 bits per heavy atom. The zero-order chi connectivity index (χ0) is 13.2. The smallest absolute Gasteiger partial charge is 0.117 e. The molecule has 2 aromatic heterocycles. The first-order chi connectivity index (χ1) is 9.24. The van der Waals surface area contributed by atoms with Crippen molar-refractivity contribution in [3.8, 4) is 0 Å². The van der Waals surface area contributed by atoms with Crippen molar-refractivity contribution in [2.75, 3.05) is 31.1 Å². The van der Waals surface area contributed by atoms with Crippen molar-refractivity contribution in [2.24, 2.45) is 0 Å². The van der Waals surface area contributed by atoms with Crippen molar-refractivity contribution < 1.29 is 4.42 Å². The molecule has 0 bridgehead atoms. The van der Waals surface area contributed by atoms with Gasteiger partial charge in [-0.05, 0) is 26.0 Å². The van der Waals surface area contributed by atoms with Gasteiger partial charge < -0.3 is 9.32 Å². The highest BCUT2D eigenvalue weighted by Gasteiger charge is 2.21. The van der Waals surface area contributed by atoms with E-state index in [9.17, 15) is 0 Å². The van der Waals surface area contributed by atoms with E-state index in [1.54, 1.807) is 6.26 Å². The molecular formula is C14H20N4O. The molecule has 0 amide bonds. The lowest BCUT2D eigenvalue weighted by molar-refractivity contribution is 0.230. The van der Waals surface area contributed by atoms with Gasteiger partial charge in [0, 0.05) is 26.2 Å². The first-order valence-corrected chi connectivity index (χ1v) is 6.75. The maximum absolute atomic E-state index is 5.40. The minimum absolute atomic E-state index is 0.907. The quantitative estimate of drug-likeness (QED) is 0.916. The molecule has 1 aliphatic rings. The summed E-state index contributed by atoms with van der Waals surface area (Å²) >= 11 is 0. The van der Waals surface area contributed by atoms with E-state index in [1.807, 2.05) is 12.1 Å². The van der Waals surface area contributed by atoms with Crippen molar-refractivity contribution >= 4 is 5.69 Å². The van der Waals surface area contributed by atoms with Crippen molar-refractivity contribution in [1.82, 2.24) is 15.1 Å². The molecule has 102 valence electrons. The normalized spacial score (nSPS) is 17.1. The zero-order valence-corrected chi connectivity index (χ0v) is 11.5. The van der Waals surface area contributed by atoms with Crippen molar-refractivity contribution in [1.29, 1.82) is 0 Å². The molecule has 0 atom stereocenters. The minimum Gasteiger partial charge on any atom is -0.468 e. The van der Waals surface area contributed by atoms with E-state index < -0.39 is 0 Å². The van der Waals surface area contributed by atoms with E-state index in [1.165, 1.54) is 5.69 Å².